The van der Waals surface area contributed by atoms with Gasteiger partial charge < -0.3 is 9.64 Å². The fourth-order valence-electron chi connectivity index (χ4n) is 3.24. The number of amides is 1. The van der Waals surface area contributed by atoms with E-state index in [-0.39, 0.29) is 23.4 Å². The summed E-state index contributed by atoms with van der Waals surface area (Å²) >= 11 is 0. The summed E-state index contributed by atoms with van der Waals surface area (Å²) in [5.74, 6) is 0.162. The molecule has 1 aliphatic rings. The Morgan fingerprint density at radius 2 is 1.65 bits per heavy atom. The largest absolute Gasteiger partial charge is 0.497 e. The summed E-state index contributed by atoms with van der Waals surface area (Å²) in [6, 6.07) is 11.6. The SMILES string of the molecule is COc1ccc(C(=O)C2CCN(C(=O)c3ccc(C)c(F)c3)CC2)cc1. The van der Waals surface area contributed by atoms with Crippen LogP contribution in [-0.4, -0.2) is 36.8 Å². The number of carbonyl (C=O) groups excluding carboxylic acids is 2. The zero-order chi connectivity index (χ0) is 18.7. The minimum Gasteiger partial charge on any atom is -0.497 e. The van der Waals surface area contributed by atoms with Crippen molar-refractivity contribution < 1.29 is 18.7 Å². The lowest BCUT2D eigenvalue weighted by molar-refractivity contribution is 0.0650. The molecule has 1 aliphatic heterocycles. The average molecular weight is 355 g/mol. The highest BCUT2D eigenvalue weighted by Crippen LogP contribution is 2.24. The second-order valence-corrected chi connectivity index (χ2v) is 6.62. The van der Waals surface area contributed by atoms with Gasteiger partial charge in [-0.2, -0.15) is 0 Å². The van der Waals surface area contributed by atoms with Crippen LogP contribution in [0.5, 0.6) is 5.75 Å². The van der Waals surface area contributed by atoms with Crippen LogP contribution in [0.25, 0.3) is 0 Å². The molecule has 0 atom stereocenters. The third-order valence-corrected chi connectivity index (χ3v) is 4.95. The summed E-state index contributed by atoms with van der Waals surface area (Å²) in [4.78, 5) is 26.9. The summed E-state index contributed by atoms with van der Waals surface area (Å²) in [6.45, 7) is 2.67. The molecule has 0 bridgehead atoms. The van der Waals surface area contributed by atoms with E-state index in [2.05, 4.69) is 0 Å². The number of hydrogen-bond acceptors (Lipinski definition) is 3. The predicted octanol–water partition coefficient (Wildman–Crippen LogP) is 3.88. The minimum absolute atomic E-state index is 0.0952. The Labute approximate surface area is 152 Å². The first-order valence-corrected chi connectivity index (χ1v) is 8.73. The smallest absolute Gasteiger partial charge is 0.253 e. The molecule has 1 fully saturated rings. The Morgan fingerprint density at radius 1 is 1.04 bits per heavy atom. The first-order chi connectivity index (χ1) is 12.5. The van der Waals surface area contributed by atoms with Crippen LogP contribution in [0.2, 0.25) is 0 Å². The number of hydrogen-bond donors (Lipinski definition) is 0. The molecule has 1 saturated heterocycles. The number of methoxy groups -OCH3 is 1. The number of benzene rings is 2. The van der Waals surface area contributed by atoms with Crippen LogP contribution in [0.15, 0.2) is 42.5 Å². The van der Waals surface area contributed by atoms with Crippen molar-refractivity contribution in [2.24, 2.45) is 5.92 Å². The van der Waals surface area contributed by atoms with Crippen LogP contribution in [0.1, 0.15) is 39.1 Å². The molecule has 0 aliphatic carbocycles. The van der Waals surface area contributed by atoms with Gasteiger partial charge in [0.25, 0.3) is 5.91 Å². The van der Waals surface area contributed by atoms with Gasteiger partial charge in [-0.15, -0.1) is 0 Å². The number of nitrogens with zero attached hydrogens (tertiary/aromatic N) is 1. The summed E-state index contributed by atoms with van der Waals surface area (Å²) in [6.07, 6.45) is 1.23. The first kappa shape index (κ1) is 18.1. The molecule has 5 heteroatoms. The number of rotatable bonds is 4. The molecule has 0 saturated carbocycles. The van der Waals surface area contributed by atoms with Gasteiger partial charge in [-0.1, -0.05) is 6.07 Å². The molecular formula is C21H22FNO3. The molecule has 136 valence electrons. The number of carbonyl (C=O) groups is 2. The van der Waals surface area contributed by atoms with Crippen LogP contribution < -0.4 is 4.74 Å². The van der Waals surface area contributed by atoms with E-state index in [1.165, 1.54) is 6.07 Å². The van der Waals surface area contributed by atoms with Crippen molar-refractivity contribution in [3.05, 3.63) is 65.0 Å². The van der Waals surface area contributed by atoms with Gasteiger partial charge in [0.15, 0.2) is 5.78 Å². The standard InChI is InChI=1S/C21H22FNO3/c1-14-3-4-17(13-19(14)22)21(25)23-11-9-16(10-12-23)20(24)15-5-7-18(26-2)8-6-15/h3-8,13,16H,9-12H2,1-2H3. The fraction of sp³-hybridized carbons (Fsp3) is 0.333. The Balaban J connectivity index is 1.61. The minimum atomic E-state index is -0.375. The summed E-state index contributed by atoms with van der Waals surface area (Å²) in [7, 11) is 1.59. The van der Waals surface area contributed by atoms with Crippen molar-refractivity contribution in [2.75, 3.05) is 20.2 Å². The number of ether oxygens (including phenoxy) is 1. The highest BCUT2D eigenvalue weighted by atomic mass is 19.1. The van der Waals surface area contributed by atoms with Crippen molar-refractivity contribution in [2.45, 2.75) is 19.8 Å². The second-order valence-electron chi connectivity index (χ2n) is 6.62. The van der Waals surface area contributed by atoms with E-state index >= 15 is 0 Å². The normalized spacial score (nSPS) is 15.0. The van der Waals surface area contributed by atoms with Crippen molar-refractivity contribution in [3.8, 4) is 5.75 Å². The van der Waals surface area contributed by atoms with Crippen LogP contribution in [0.4, 0.5) is 4.39 Å². The second kappa shape index (κ2) is 7.68. The maximum absolute atomic E-state index is 13.7. The van der Waals surface area contributed by atoms with Crippen molar-refractivity contribution in [1.82, 2.24) is 4.90 Å². The third-order valence-electron chi connectivity index (χ3n) is 4.95. The topological polar surface area (TPSA) is 46.6 Å². The molecule has 0 unspecified atom stereocenters. The lowest BCUT2D eigenvalue weighted by Gasteiger charge is -2.31. The summed E-state index contributed by atoms with van der Waals surface area (Å²) in [5, 5.41) is 0. The monoisotopic (exact) mass is 355 g/mol. The van der Waals surface area contributed by atoms with E-state index in [1.54, 1.807) is 55.3 Å². The molecular weight excluding hydrogens is 333 g/mol. The number of halogens is 1. The van der Waals surface area contributed by atoms with Gasteiger partial charge in [-0.3, -0.25) is 9.59 Å². The molecule has 2 aromatic carbocycles. The van der Waals surface area contributed by atoms with Crippen LogP contribution in [-0.2, 0) is 0 Å². The van der Waals surface area contributed by atoms with Gasteiger partial charge in [0, 0.05) is 30.1 Å². The van der Waals surface area contributed by atoms with Crippen molar-refractivity contribution in [3.63, 3.8) is 0 Å². The molecule has 0 aromatic heterocycles. The van der Waals surface area contributed by atoms with Gasteiger partial charge in [0.05, 0.1) is 7.11 Å². The number of likely N-dealkylation sites (tertiary alicyclic amines) is 1. The quantitative estimate of drug-likeness (QED) is 0.782. The van der Waals surface area contributed by atoms with E-state index in [0.29, 0.717) is 48.4 Å². The van der Waals surface area contributed by atoms with E-state index < -0.39 is 0 Å². The fourth-order valence-corrected chi connectivity index (χ4v) is 3.24. The summed E-state index contributed by atoms with van der Waals surface area (Å²) in [5.41, 5.74) is 1.54. The molecule has 0 spiro atoms. The Bertz CT molecular complexity index is 809. The van der Waals surface area contributed by atoms with Gasteiger partial charge in [-0.05, 0) is 61.7 Å². The van der Waals surface area contributed by atoms with Crippen molar-refractivity contribution >= 4 is 11.7 Å². The average Bonchev–Trinajstić information content (AvgIpc) is 2.69. The molecule has 3 rings (SSSR count). The molecule has 0 radical (unpaired) electrons. The van der Waals surface area contributed by atoms with Gasteiger partial charge >= 0.3 is 0 Å². The maximum atomic E-state index is 13.7. The van der Waals surface area contributed by atoms with E-state index in [0.717, 1.165) is 0 Å². The molecule has 4 nitrogen and oxygen atoms in total. The Kier molecular flexibility index (Phi) is 5.35. The van der Waals surface area contributed by atoms with Gasteiger partial charge in [-0.25, -0.2) is 4.39 Å². The molecule has 0 N–H and O–H groups in total. The van der Waals surface area contributed by atoms with Gasteiger partial charge in [0.2, 0.25) is 0 Å². The molecule has 1 amide bonds. The predicted molar refractivity (Wildman–Crippen MR) is 97.1 cm³/mol. The molecule has 26 heavy (non-hydrogen) atoms. The first-order valence-electron chi connectivity index (χ1n) is 8.73. The highest BCUT2D eigenvalue weighted by Gasteiger charge is 2.28. The van der Waals surface area contributed by atoms with Crippen LogP contribution in [0, 0.1) is 18.7 Å². The number of aryl methyl sites for hydroxylation is 1. The van der Waals surface area contributed by atoms with Crippen molar-refractivity contribution in [1.29, 1.82) is 0 Å². The molecule has 1 heterocycles. The van der Waals surface area contributed by atoms with E-state index in [1.807, 2.05) is 0 Å². The number of Topliss-reactive ketones (excluding diaryl/α,β-unsaturated/α-hetero) is 1. The maximum Gasteiger partial charge on any atom is 0.253 e. The van der Waals surface area contributed by atoms with Crippen LogP contribution in [0.3, 0.4) is 0 Å². The number of piperidine rings is 1. The van der Waals surface area contributed by atoms with E-state index in [9.17, 15) is 14.0 Å². The zero-order valence-corrected chi connectivity index (χ0v) is 15.0. The third kappa shape index (κ3) is 3.77. The Hall–Kier alpha value is -2.69. The number of ketones is 1. The van der Waals surface area contributed by atoms with Gasteiger partial charge in [0.1, 0.15) is 11.6 Å². The lowest BCUT2D eigenvalue weighted by Crippen LogP contribution is -2.40. The van der Waals surface area contributed by atoms with E-state index in [4.69, 9.17) is 4.74 Å². The summed E-state index contributed by atoms with van der Waals surface area (Å²) < 4.78 is 18.8. The Morgan fingerprint density at radius 3 is 2.23 bits per heavy atom. The lowest BCUT2D eigenvalue weighted by atomic mass is 9.88. The molecule has 2 aromatic rings. The highest BCUT2D eigenvalue weighted by molar-refractivity contribution is 5.98. The zero-order valence-electron chi connectivity index (χ0n) is 15.0. The van der Waals surface area contributed by atoms with Crippen LogP contribution >= 0.6 is 0 Å².